The van der Waals surface area contributed by atoms with Gasteiger partial charge in [-0.25, -0.2) is 16.8 Å². The molecular weight excluding hydrogens is 456 g/mol. The summed E-state index contributed by atoms with van der Waals surface area (Å²) in [5, 5.41) is 0. The van der Waals surface area contributed by atoms with E-state index in [1.54, 1.807) is 12.1 Å². The number of hydrogen-bond acceptors (Lipinski definition) is 7. The van der Waals surface area contributed by atoms with Crippen LogP contribution in [0.15, 0.2) is 46.2 Å². The summed E-state index contributed by atoms with van der Waals surface area (Å²) < 4.78 is 65.1. The Morgan fingerprint density at radius 2 is 0.969 bits per heavy atom. The first-order chi connectivity index (χ1) is 15.3. The molecule has 0 unspecified atom stereocenters. The molecule has 1 aliphatic carbocycles. The summed E-state index contributed by atoms with van der Waals surface area (Å²) in [7, 11) is -7.51. The summed E-state index contributed by atoms with van der Waals surface area (Å²) in [5.74, 6) is -0.381. The Morgan fingerprint density at radius 3 is 1.34 bits per heavy atom. The number of fused-ring (bicyclic) bond motifs is 3. The van der Waals surface area contributed by atoms with Crippen molar-refractivity contribution in [2.75, 3.05) is 52.6 Å². The minimum atomic E-state index is -3.75. The maximum absolute atomic E-state index is 13.1. The number of hydrogen-bond donors (Lipinski definition) is 0. The van der Waals surface area contributed by atoms with Crippen LogP contribution in [0.5, 0.6) is 0 Å². The lowest BCUT2D eigenvalue weighted by Gasteiger charge is -2.26. The Kier molecular flexibility index (Phi) is 5.43. The third-order valence-corrected chi connectivity index (χ3v) is 9.77. The molecule has 0 atom stereocenters. The molecule has 0 radical (unpaired) electrons. The highest BCUT2D eigenvalue weighted by Gasteiger charge is 2.34. The number of sulfonamides is 2. The molecule has 5 rings (SSSR count). The minimum absolute atomic E-state index is 0.0421. The number of ether oxygens (including phenoxy) is 2. The Hall–Kier alpha value is -2.15. The number of nitrogens with zero attached hydrogens (tertiary/aromatic N) is 2. The quantitative estimate of drug-likeness (QED) is 0.549. The fourth-order valence-electron chi connectivity index (χ4n) is 4.23. The van der Waals surface area contributed by atoms with Gasteiger partial charge in [-0.1, -0.05) is 12.1 Å². The normalized spacial score (nSPS) is 20.2. The van der Waals surface area contributed by atoms with Crippen molar-refractivity contribution in [3.63, 3.8) is 0 Å². The van der Waals surface area contributed by atoms with Gasteiger partial charge in [-0.15, -0.1) is 0 Å². The summed E-state index contributed by atoms with van der Waals surface area (Å²) in [5.41, 5.74) is 1.72. The van der Waals surface area contributed by atoms with Crippen LogP contribution < -0.4 is 0 Å². The number of morpholine rings is 2. The van der Waals surface area contributed by atoms with Crippen LogP contribution in [0.2, 0.25) is 0 Å². The predicted molar refractivity (Wildman–Crippen MR) is 114 cm³/mol. The first kappa shape index (κ1) is 21.7. The molecule has 0 aromatic heterocycles. The molecule has 2 saturated heterocycles. The van der Waals surface area contributed by atoms with E-state index in [9.17, 15) is 21.6 Å². The summed E-state index contributed by atoms with van der Waals surface area (Å²) in [4.78, 5) is 13.2. The van der Waals surface area contributed by atoms with Crippen molar-refractivity contribution in [2.24, 2.45) is 0 Å². The van der Waals surface area contributed by atoms with Crippen molar-refractivity contribution in [1.82, 2.24) is 8.61 Å². The maximum Gasteiger partial charge on any atom is 0.243 e. The lowest BCUT2D eigenvalue weighted by molar-refractivity contribution is 0.0730. The standard InChI is InChI=1S/C21H22N2O7S2/c24-21-19-13-15(31(25,26)22-5-9-29-10-6-22)1-3-17(19)18-4-2-16(14-20(18)21)32(27,28)23-7-11-30-12-8-23/h1-4,13-14H,5-12H2. The van der Waals surface area contributed by atoms with E-state index in [1.165, 1.54) is 32.9 Å². The number of carbonyl (C=O) groups is 1. The SMILES string of the molecule is O=C1c2cc(S(=O)(=O)N3CCOCC3)ccc2-c2ccc(S(=O)(=O)N3CCOCC3)cc21. The Bertz CT molecular complexity index is 1190. The fourth-order valence-corrected chi connectivity index (χ4v) is 7.10. The molecule has 0 N–H and O–H groups in total. The molecule has 0 bridgehead atoms. The van der Waals surface area contributed by atoms with Crippen LogP contribution in [0.1, 0.15) is 15.9 Å². The second kappa shape index (κ2) is 8.01. The molecule has 11 heteroatoms. The highest BCUT2D eigenvalue weighted by Crippen LogP contribution is 2.39. The van der Waals surface area contributed by atoms with Gasteiger partial charge in [0.25, 0.3) is 0 Å². The van der Waals surface area contributed by atoms with Crippen LogP contribution in [0.4, 0.5) is 0 Å². The van der Waals surface area contributed by atoms with Crippen molar-refractivity contribution < 1.29 is 31.1 Å². The molecule has 2 fully saturated rings. The van der Waals surface area contributed by atoms with Crippen molar-refractivity contribution >= 4 is 25.8 Å². The van der Waals surface area contributed by atoms with Crippen LogP contribution in [-0.4, -0.2) is 83.8 Å². The van der Waals surface area contributed by atoms with Gasteiger partial charge in [-0.05, 0) is 35.4 Å². The number of carbonyl (C=O) groups excluding carboxylic acids is 1. The van der Waals surface area contributed by atoms with Crippen LogP contribution in [0.3, 0.4) is 0 Å². The van der Waals surface area contributed by atoms with Gasteiger partial charge >= 0.3 is 0 Å². The summed E-state index contributed by atoms with van der Waals surface area (Å²) in [6, 6.07) is 8.98. The Labute approximate surface area is 186 Å². The molecule has 3 aliphatic rings. The lowest BCUT2D eigenvalue weighted by Crippen LogP contribution is -2.40. The lowest BCUT2D eigenvalue weighted by atomic mass is 10.1. The van der Waals surface area contributed by atoms with E-state index in [0.29, 0.717) is 37.6 Å². The van der Waals surface area contributed by atoms with Crippen LogP contribution in [0, 0.1) is 0 Å². The van der Waals surface area contributed by atoms with Gasteiger partial charge in [0.2, 0.25) is 20.0 Å². The molecule has 0 saturated carbocycles. The van der Waals surface area contributed by atoms with Gasteiger partial charge in [-0.3, -0.25) is 4.79 Å². The van der Waals surface area contributed by atoms with Crippen LogP contribution in [-0.2, 0) is 29.5 Å². The highest BCUT2D eigenvalue weighted by atomic mass is 32.2. The molecule has 2 aromatic carbocycles. The summed E-state index contributed by atoms with van der Waals surface area (Å²) in [6.45, 7) is 2.35. The summed E-state index contributed by atoms with van der Waals surface area (Å²) in [6.07, 6.45) is 0. The molecule has 0 amide bonds. The third-order valence-electron chi connectivity index (χ3n) is 5.98. The molecule has 2 aliphatic heterocycles. The number of rotatable bonds is 4. The molecular formula is C21H22N2O7S2. The molecule has 32 heavy (non-hydrogen) atoms. The highest BCUT2D eigenvalue weighted by molar-refractivity contribution is 7.89. The first-order valence-electron chi connectivity index (χ1n) is 10.3. The molecule has 2 aromatic rings. The maximum atomic E-state index is 13.1. The van der Waals surface area contributed by atoms with Crippen LogP contribution in [0.25, 0.3) is 11.1 Å². The number of ketones is 1. The average molecular weight is 479 g/mol. The Morgan fingerprint density at radius 1 is 0.594 bits per heavy atom. The second-order valence-electron chi connectivity index (χ2n) is 7.78. The fraction of sp³-hybridized carbons (Fsp3) is 0.381. The van der Waals surface area contributed by atoms with Crippen molar-refractivity contribution in [3.8, 4) is 11.1 Å². The Balaban J connectivity index is 1.50. The monoisotopic (exact) mass is 478 g/mol. The van der Waals surface area contributed by atoms with Gasteiger partial charge in [0.05, 0.1) is 36.2 Å². The molecule has 170 valence electrons. The van der Waals surface area contributed by atoms with Crippen LogP contribution >= 0.6 is 0 Å². The minimum Gasteiger partial charge on any atom is -0.379 e. The van der Waals surface area contributed by atoms with Gasteiger partial charge in [0.15, 0.2) is 5.78 Å². The van der Waals surface area contributed by atoms with E-state index in [-0.39, 0.29) is 52.9 Å². The van der Waals surface area contributed by atoms with Crippen molar-refractivity contribution in [2.45, 2.75) is 9.79 Å². The van der Waals surface area contributed by atoms with Gasteiger partial charge in [0.1, 0.15) is 0 Å². The zero-order valence-electron chi connectivity index (χ0n) is 17.2. The van der Waals surface area contributed by atoms with E-state index in [1.807, 2.05) is 0 Å². The second-order valence-corrected chi connectivity index (χ2v) is 11.7. The average Bonchev–Trinajstić information content (AvgIpc) is 3.11. The zero-order chi connectivity index (χ0) is 22.5. The molecule has 9 nitrogen and oxygen atoms in total. The number of benzene rings is 2. The third kappa shape index (κ3) is 3.49. The van der Waals surface area contributed by atoms with Gasteiger partial charge in [-0.2, -0.15) is 8.61 Å². The van der Waals surface area contributed by atoms with E-state index in [4.69, 9.17) is 9.47 Å². The van der Waals surface area contributed by atoms with Crippen molar-refractivity contribution in [3.05, 3.63) is 47.5 Å². The van der Waals surface area contributed by atoms with E-state index < -0.39 is 20.0 Å². The van der Waals surface area contributed by atoms with Crippen molar-refractivity contribution in [1.29, 1.82) is 0 Å². The zero-order valence-corrected chi connectivity index (χ0v) is 18.8. The summed E-state index contributed by atoms with van der Waals surface area (Å²) >= 11 is 0. The van der Waals surface area contributed by atoms with E-state index in [0.717, 1.165) is 0 Å². The predicted octanol–water partition coefficient (Wildman–Crippen LogP) is 0.940. The topological polar surface area (TPSA) is 110 Å². The first-order valence-corrected chi connectivity index (χ1v) is 13.2. The van der Waals surface area contributed by atoms with Gasteiger partial charge in [0, 0.05) is 37.3 Å². The van der Waals surface area contributed by atoms with E-state index in [2.05, 4.69) is 0 Å². The largest absolute Gasteiger partial charge is 0.379 e. The molecule has 2 heterocycles. The smallest absolute Gasteiger partial charge is 0.243 e. The molecule has 0 spiro atoms. The van der Waals surface area contributed by atoms with Gasteiger partial charge < -0.3 is 9.47 Å². The van der Waals surface area contributed by atoms with E-state index >= 15 is 0 Å².